The molecule has 0 aliphatic heterocycles. The summed E-state index contributed by atoms with van der Waals surface area (Å²) in [4.78, 5) is 23.8. The topological polar surface area (TPSA) is 57.6 Å². The smallest absolute Gasteiger partial charge is 0.305 e. The van der Waals surface area contributed by atoms with Crippen molar-refractivity contribution in [2.45, 2.75) is 6.42 Å². The van der Waals surface area contributed by atoms with Gasteiger partial charge in [-0.3, -0.25) is 9.59 Å². The van der Waals surface area contributed by atoms with Crippen LogP contribution in [-0.2, 0) is 4.79 Å². The zero-order valence-corrected chi connectivity index (χ0v) is 9.80. The molecule has 1 aromatic carbocycles. The summed E-state index contributed by atoms with van der Waals surface area (Å²) < 4.78 is 13.4. The van der Waals surface area contributed by atoms with Crippen LogP contribution >= 0.6 is 0 Å². The highest BCUT2D eigenvalue weighted by molar-refractivity contribution is 5.94. The average Bonchev–Trinajstić information content (AvgIpc) is 2.34. The van der Waals surface area contributed by atoms with E-state index < -0.39 is 17.7 Å². The molecule has 5 heteroatoms. The molecule has 0 atom stereocenters. The molecule has 1 rings (SSSR count). The van der Waals surface area contributed by atoms with Crippen molar-refractivity contribution >= 4 is 11.9 Å². The molecule has 0 heterocycles. The van der Waals surface area contributed by atoms with E-state index in [1.165, 1.54) is 29.2 Å². The molecule has 1 amide bonds. The molecular formula is C13H14FNO3. The summed E-state index contributed by atoms with van der Waals surface area (Å²) in [6.07, 6.45) is 1.29. The van der Waals surface area contributed by atoms with Crippen molar-refractivity contribution in [1.82, 2.24) is 4.90 Å². The molecule has 0 unspecified atom stereocenters. The summed E-state index contributed by atoms with van der Waals surface area (Å²) in [6.45, 7) is 3.69. The Morgan fingerprint density at radius 3 is 2.61 bits per heavy atom. The van der Waals surface area contributed by atoms with Gasteiger partial charge >= 0.3 is 5.97 Å². The average molecular weight is 251 g/mol. The SMILES string of the molecule is C=CCN(CCC(=O)O)C(=O)c1ccccc1F. The fraction of sp³-hybridized carbons (Fsp3) is 0.231. The van der Waals surface area contributed by atoms with Gasteiger partial charge in [0.15, 0.2) is 0 Å². The number of hydrogen-bond donors (Lipinski definition) is 1. The monoisotopic (exact) mass is 251 g/mol. The Morgan fingerprint density at radius 2 is 2.06 bits per heavy atom. The summed E-state index contributed by atoms with van der Waals surface area (Å²) in [6, 6.07) is 5.60. The van der Waals surface area contributed by atoms with Gasteiger partial charge in [-0.15, -0.1) is 6.58 Å². The standard InChI is InChI=1S/C13H14FNO3/c1-2-8-15(9-7-12(16)17)13(18)10-5-3-4-6-11(10)14/h2-6H,1,7-9H2,(H,16,17). The van der Waals surface area contributed by atoms with Gasteiger partial charge in [0, 0.05) is 13.1 Å². The Kier molecular flexibility index (Phi) is 5.05. The van der Waals surface area contributed by atoms with Gasteiger partial charge in [0.2, 0.25) is 0 Å². The number of nitrogens with zero attached hydrogens (tertiary/aromatic N) is 1. The van der Waals surface area contributed by atoms with Gasteiger partial charge in [-0.25, -0.2) is 4.39 Å². The lowest BCUT2D eigenvalue weighted by Gasteiger charge is -2.20. The molecule has 0 aliphatic rings. The Hall–Kier alpha value is -2.17. The highest BCUT2D eigenvalue weighted by atomic mass is 19.1. The minimum Gasteiger partial charge on any atom is -0.481 e. The number of carboxylic acids is 1. The highest BCUT2D eigenvalue weighted by Crippen LogP contribution is 2.10. The number of benzene rings is 1. The third-order valence-electron chi connectivity index (χ3n) is 2.34. The van der Waals surface area contributed by atoms with Gasteiger partial charge in [0.1, 0.15) is 5.82 Å². The van der Waals surface area contributed by atoms with Crippen LogP contribution in [0.4, 0.5) is 4.39 Å². The van der Waals surface area contributed by atoms with Gasteiger partial charge < -0.3 is 10.0 Å². The van der Waals surface area contributed by atoms with Crippen molar-refractivity contribution in [3.05, 3.63) is 48.3 Å². The van der Waals surface area contributed by atoms with Crippen molar-refractivity contribution in [3.63, 3.8) is 0 Å². The second kappa shape index (κ2) is 6.54. The molecule has 18 heavy (non-hydrogen) atoms. The highest BCUT2D eigenvalue weighted by Gasteiger charge is 2.18. The second-order valence-corrected chi connectivity index (χ2v) is 3.66. The summed E-state index contributed by atoms with van der Waals surface area (Å²) in [5.74, 6) is -2.16. The van der Waals surface area contributed by atoms with Crippen LogP contribution in [0.5, 0.6) is 0 Å². The van der Waals surface area contributed by atoms with Crippen molar-refractivity contribution in [3.8, 4) is 0 Å². The van der Waals surface area contributed by atoms with E-state index in [1.54, 1.807) is 6.07 Å². The Morgan fingerprint density at radius 1 is 1.39 bits per heavy atom. The van der Waals surface area contributed by atoms with Crippen LogP contribution in [0.1, 0.15) is 16.8 Å². The van der Waals surface area contributed by atoms with Crippen LogP contribution in [0, 0.1) is 5.82 Å². The predicted octanol–water partition coefficient (Wildman–Crippen LogP) is 1.93. The molecule has 0 fully saturated rings. The number of amides is 1. The third kappa shape index (κ3) is 3.69. The van der Waals surface area contributed by atoms with E-state index >= 15 is 0 Å². The number of halogens is 1. The summed E-state index contributed by atoms with van der Waals surface area (Å²) >= 11 is 0. The summed E-state index contributed by atoms with van der Waals surface area (Å²) in [7, 11) is 0. The van der Waals surface area contributed by atoms with E-state index in [-0.39, 0.29) is 25.1 Å². The predicted molar refractivity (Wildman–Crippen MR) is 64.8 cm³/mol. The minimum atomic E-state index is -1.01. The molecule has 1 N–H and O–H groups in total. The minimum absolute atomic E-state index is 0.0223. The number of carbonyl (C=O) groups excluding carboxylic acids is 1. The largest absolute Gasteiger partial charge is 0.481 e. The lowest BCUT2D eigenvalue weighted by atomic mass is 10.2. The van der Waals surface area contributed by atoms with Gasteiger partial charge in [0.25, 0.3) is 5.91 Å². The molecule has 96 valence electrons. The van der Waals surface area contributed by atoms with E-state index in [9.17, 15) is 14.0 Å². The van der Waals surface area contributed by atoms with Crippen LogP contribution in [0.15, 0.2) is 36.9 Å². The zero-order chi connectivity index (χ0) is 13.5. The van der Waals surface area contributed by atoms with E-state index in [2.05, 4.69) is 6.58 Å². The zero-order valence-electron chi connectivity index (χ0n) is 9.80. The lowest BCUT2D eigenvalue weighted by Crippen LogP contribution is -2.33. The van der Waals surface area contributed by atoms with Crippen molar-refractivity contribution < 1.29 is 19.1 Å². The molecule has 0 bridgehead atoms. The first-order valence-electron chi connectivity index (χ1n) is 5.42. The first-order chi connectivity index (χ1) is 8.56. The normalized spacial score (nSPS) is 9.83. The molecule has 0 aliphatic carbocycles. The van der Waals surface area contributed by atoms with Crippen molar-refractivity contribution in [1.29, 1.82) is 0 Å². The van der Waals surface area contributed by atoms with Gasteiger partial charge in [-0.1, -0.05) is 18.2 Å². The molecule has 0 saturated heterocycles. The molecule has 0 radical (unpaired) electrons. The van der Waals surface area contributed by atoms with Gasteiger partial charge in [-0.05, 0) is 12.1 Å². The quantitative estimate of drug-likeness (QED) is 0.786. The lowest BCUT2D eigenvalue weighted by molar-refractivity contribution is -0.137. The molecular weight excluding hydrogens is 237 g/mol. The third-order valence-corrected chi connectivity index (χ3v) is 2.34. The first-order valence-corrected chi connectivity index (χ1v) is 5.42. The Balaban J connectivity index is 2.85. The second-order valence-electron chi connectivity index (χ2n) is 3.66. The number of aliphatic carboxylic acids is 1. The van der Waals surface area contributed by atoms with E-state index in [0.29, 0.717) is 0 Å². The maximum absolute atomic E-state index is 13.4. The molecule has 1 aromatic rings. The first kappa shape index (κ1) is 13.9. The molecule has 4 nitrogen and oxygen atoms in total. The number of carboxylic acid groups (broad SMARTS) is 1. The van der Waals surface area contributed by atoms with Crippen LogP contribution in [-0.4, -0.2) is 35.0 Å². The number of hydrogen-bond acceptors (Lipinski definition) is 2. The molecule has 0 saturated carbocycles. The Bertz CT molecular complexity index is 459. The Labute approximate surface area is 104 Å². The molecule has 0 spiro atoms. The number of carbonyl (C=O) groups is 2. The fourth-order valence-electron chi connectivity index (χ4n) is 1.47. The fourth-order valence-corrected chi connectivity index (χ4v) is 1.47. The van der Waals surface area contributed by atoms with Crippen LogP contribution in [0.2, 0.25) is 0 Å². The van der Waals surface area contributed by atoms with Crippen molar-refractivity contribution in [2.24, 2.45) is 0 Å². The van der Waals surface area contributed by atoms with Crippen LogP contribution < -0.4 is 0 Å². The maximum Gasteiger partial charge on any atom is 0.305 e. The van der Waals surface area contributed by atoms with Gasteiger partial charge in [0.05, 0.1) is 12.0 Å². The van der Waals surface area contributed by atoms with Crippen LogP contribution in [0.25, 0.3) is 0 Å². The number of rotatable bonds is 6. The maximum atomic E-state index is 13.4. The molecule has 0 aromatic heterocycles. The summed E-state index contributed by atoms with van der Waals surface area (Å²) in [5.41, 5.74) is -0.0651. The van der Waals surface area contributed by atoms with Crippen LogP contribution in [0.3, 0.4) is 0 Å². The van der Waals surface area contributed by atoms with E-state index in [1.807, 2.05) is 0 Å². The van der Waals surface area contributed by atoms with E-state index in [0.717, 1.165) is 0 Å². The van der Waals surface area contributed by atoms with E-state index in [4.69, 9.17) is 5.11 Å². The van der Waals surface area contributed by atoms with Crippen molar-refractivity contribution in [2.75, 3.05) is 13.1 Å². The van der Waals surface area contributed by atoms with Gasteiger partial charge in [-0.2, -0.15) is 0 Å². The summed E-state index contributed by atoms with van der Waals surface area (Å²) in [5, 5.41) is 8.60.